The number of ketones is 1. The lowest BCUT2D eigenvalue weighted by atomic mass is 9.83. The second-order valence-corrected chi connectivity index (χ2v) is 15.2. The second-order valence-electron chi connectivity index (χ2n) is 15.2. The van der Waals surface area contributed by atoms with Crippen LogP contribution in [0.15, 0.2) is 84.9 Å². The lowest BCUT2D eigenvalue weighted by molar-refractivity contribution is -0.146. The molecule has 3 aliphatic rings. The highest BCUT2D eigenvalue weighted by Gasteiger charge is 2.50. The molecule has 0 saturated carbocycles. The summed E-state index contributed by atoms with van der Waals surface area (Å²) in [6.45, 7) is 3.46. The largest absolute Gasteiger partial charge is 0.480 e. The van der Waals surface area contributed by atoms with Gasteiger partial charge in [-0.25, -0.2) is 9.59 Å². The summed E-state index contributed by atoms with van der Waals surface area (Å²) >= 11 is 0. The number of hydrogen-bond acceptors (Lipinski definition) is 9. The van der Waals surface area contributed by atoms with Crippen LogP contribution in [0, 0.1) is 5.92 Å². The third-order valence-electron chi connectivity index (χ3n) is 11.2. The fraction of sp³-hybridized carbons (Fsp3) is 0.419. The molecule has 5 N–H and O–H groups in total. The Balaban J connectivity index is 1.24. The number of ether oxygens (including phenoxy) is 1. The van der Waals surface area contributed by atoms with Crippen LogP contribution >= 0.6 is 0 Å². The lowest BCUT2D eigenvalue weighted by Gasteiger charge is -2.43. The van der Waals surface area contributed by atoms with Gasteiger partial charge < -0.3 is 40.7 Å². The van der Waals surface area contributed by atoms with Crippen LogP contribution in [0.2, 0.25) is 0 Å². The van der Waals surface area contributed by atoms with Crippen molar-refractivity contribution in [3.63, 3.8) is 0 Å². The molecule has 0 aromatic heterocycles. The maximum atomic E-state index is 14.8. The predicted octanol–water partition coefficient (Wildman–Crippen LogP) is 1.92. The Morgan fingerprint density at radius 1 is 0.828 bits per heavy atom. The number of rotatable bonds is 14. The molecular formula is C43H49N5O10. The van der Waals surface area contributed by atoms with Gasteiger partial charge in [-0.2, -0.15) is 0 Å². The van der Waals surface area contributed by atoms with Gasteiger partial charge in [-0.3, -0.25) is 24.0 Å². The standard InChI is InChI=1S/C43H49N5O10/c1-3-12-31(37(50)40(53)45-32(42(55)56)19-26-13-6-4-7-14-26)44-38(51)34-22-30-24-47(34)41(54)36(46-39(52)35(49)20-27-15-8-5-9-16-27)25(2)33-21-28-17-10-11-18-29(28)23-48(33)43(57)58-30/h4-11,13-18,25,30-36,49H,3,12,19-24H2,1-2H3,(H,44,51)(H,45,53)(H,46,52)(H,55,56)/t25?,30-,31?,32+,33?,34+,35+,36+/m1/s1. The summed E-state index contributed by atoms with van der Waals surface area (Å²) in [4.78, 5) is 98.0. The molecule has 6 rings (SSSR count). The van der Waals surface area contributed by atoms with Gasteiger partial charge >= 0.3 is 12.1 Å². The van der Waals surface area contributed by atoms with E-state index < -0.39 is 89.8 Å². The molecule has 3 unspecified atom stereocenters. The summed E-state index contributed by atoms with van der Waals surface area (Å²) in [5.74, 6) is -6.58. The second kappa shape index (κ2) is 18.4. The predicted molar refractivity (Wildman–Crippen MR) is 209 cm³/mol. The van der Waals surface area contributed by atoms with Gasteiger partial charge in [-0.15, -0.1) is 0 Å². The van der Waals surface area contributed by atoms with E-state index in [9.17, 15) is 43.8 Å². The molecular weight excluding hydrogens is 746 g/mol. The third-order valence-corrected chi connectivity index (χ3v) is 11.2. The van der Waals surface area contributed by atoms with Gasteiger partial charge in [0.25, 0.3) is 5.91 Å². The van der Waals surface area contributed by atoms with Crippen molar-refractivity contribution >= 4 is 41.5 Å². The van der Waals surface area contributed by atoms with E-state index in [-0.39, 0.29) is 38.8 Å². The normalized spacial score (nSPS) is 22.9. The van der Waals surface area contributed by atoms with Crippen LogP contribution in [0.25, 0.3) is 0 Å². The van der Waals surface area contributed by atoms with Crippen LogP contribution in [0.5, 0.6) is 0 Å². The molecule has 3 aromatic rings. The monoisotopic (exact) mass is 795 g/mol. The quantitative estimate of drug-likeness (QED) is 0.150. The molecule has 2 bridgehead atoms. The molecule has 0 radical (unpaired) electrons. The number of carboxylic acids is 1. The molecule has 8 atom stereocenters. The van der Waals surface area contributed by atoms with Gasteiger partial charge in [-0.05, 0) is 35.1 Å². The smallest absolute Gasteiger partial charge is 0.410 e. The van der Waals surface area contributed by atoms with Crippen molar-refractivity contribution < 1.29 is 48.5 Å². The molecule has 2 saturated heterocycles. The number of nitrogens with zero attached hydrogens (tertiary/aromatic N) is 2. The number of amides is 5. The van der Waals surface area contributed by atoms with Crippen LogP contribution in [0.4, 0.5) is 4.79 Å². The molecule has 3 heterocycles. The minimum atomic E-state index is -1.52. The van der Waals surface area contributed by atoms with Crippen LogP contribution in [-0.4, -0.2) is 110 Å². The van der Waals surface area contributed by atoms with Crippen molar-refractivity contribution in [2.24, 2.45) is 5.92 Å². The van der Waals surface area contributed by atoms with E-state index in [0.29, 0.717) is 24.0 Å². The van der Waals surface area contributed by atoms with E-state index in [1.54, 1.807) is 73.3 Å². The number of carbonyl (C=O) groups excluding carboxylic acids is 6. The highest BCUT2D eigenvalue weighted by molar-refractivity contribution is 6.38. The number of benzene rings is 3. The average Bonchev–Trinajstić information content (AvgIpc) is 3.65. The van der Waals surface area contributed by atoms with Crippen LogP contribution in [0.3, 0.4) is 0 Å². The first kappa shape index (κ1) is 41.5. The molecule has 15 nitrogen and oxygen atoms in total. The number of nitrogens with one attached hydrogen (secondary N) is 3. The molecule has 3 aliphatic heterocycles. The van der Waals surface area contributed by atoms with Gasteiger partial charge in [0, 0.05) is 37.8 Å². The highest BCUT2D eigenvalue weighted by Crippen LogP contribution is 2.34. The van der Waals surface area contributed by atoms with E-state index in [0.717, 1.165) is 11.1 Å². The molecule has 0 aliphatic carbocycles. The van der Waals surface area contributed by atoms with Crippen molar-refractivity contribution in [3.05, 3.63) is 107 Å². The Morgan fingerprint density at radius 3 is 2.09 bits per heavy atom. The van der Waals surface area contributed by atoms with E-state index in [1.165, 1.54) is 4.90 Å². The van der Waals surface area contributed by atoms with Crippen LogP contribution in [0.1, 0.15) is 55.4 Å². The Hall–Kier alpha value is -6.09. The van der Waals surface area contributed by atoms with Crippen LogP contribution < -0.4 is 16.0 Å². The Labute approximate surface area is 336 Å². The Morgan fingerprint density at radius 2 is 1.45 bits per heavy atom. The first-order valence-corrected chi connectivity index (χ1v) is 19.6. The molecule has 3 aromatic carbocycles. The number of aliphatic hydroxyl groups excluding tert-OH is 1. The van der Waals surface area contributed by atoms with Gasteiger partial charge in [0.2, 0.25) is 23.5 Å². The highest BCUT2D eigenvalue weighted by atomic mass is 16.6. The fourth-order valence-electron chi connectivity index (χ4n) is 8.06. The lowest BCUT2D eigenvalue weighted by Crippen LogP contribution is -2.62. The fourth-order valence-corrected chi connectivity index (χ4v) is 8.06. The summed E-state index contributed by atoms with van der Waals surface area (Å²) in [6, 6.07) is 19.1. The maximum Gasteiger partial charge on any atom is 0.410 e. The van der Waals surface area contributed by atoms with Gasteiger partial charge in [0.1, 0.15) is 30.3 Å². The molecule has 58 heavy (non-hydrogen) atoms. The van der Waals surface area contributed by atoms with E-state index >= 15 is 0 Å². The van der Waals surface area contributed by atoms with Gasteiger partial charge in [0.15, 0.2) is 0 Å². The van der Waals surface area contributed by atoms with Gasteiger partial charge in [-0.1, -0.05) is 105 Å². The van der Waals surface area contributed by atoms with Crippen molar-refractivity contribution in [2.45, 2.75) is 101 Å². The summed E-state index contributed by atoms with van der Waals surface area (Å²) < 4.78 is 5.95. The van der Waals surface area contributed by atoms with Gasteiger partial charge in [0.05, 0.1) is 12.6 Å². The summed E-state index contributed by atoms with van der Waals surface area (Å²) in [5, 5.41) is 28.5. The summed E-state index contributed by atoms with van der Waals surface area (Å²) in [5.41, 5.74) is 3.20. The first-order chi connectivity index (χ1) is 27.8. The topological polar surface area (TPSA) is 212 Å². The zero-order chi connectivity index (χ0) is 41.5. The number of aliphatic hydroxyl groups is 1. The van der Waals surface area contributed by atoms with Crippen LogP contribution in [-0.2, 0) is 59.3 Å². The van der Waals surface area contributed by atoms with E-state index in [1.807, 2.05) is 30.3 Å². The maximum absolute atomic E-state index is 14.8. The first-order valence-electron chi connectivity index (χ1n) is 19.6. The zero-order valence-corrected chi connectivity index (χ0v) is 32.4. The number of hydrogen-bond donors (Lipinski definition) is 5. The third kappa shape index (κ3) is 9.53. The molecule has 0 spiro atoms. The number of carbonyl (C=O) groups is 7. The van der Waals surface area contributed by atoms with E-state index in [4.69, 9.17) is 4.74 Å². The average molecular weight is 796 g/mol. The number of Topliss-reactive ketones (excluding diaryl/α,β-unsaturated/α-hetero) is 1. The molecule has 2 fully saturated rings. The van der Waals surface area contributed by atoms with Crippen molar-refractivity contribution in [2.75, 3.05) is 6.54 Å². The Kier molecular flexibility index (Phi) is 13.2. The molecule has 306 valence electrons. The van der Waals surface area contributed by atoms with Crippen molar-refractivity contribution in [1.82, 2.24) is 25.8 Å². The number of aliphatic carboxylic acids is 1. The Bertz CT molecular complexity index is 2010. The minimum absolute atomic E-state index is 0.0199. The van der Waals surface area contributed by atoms with E-state index in [2.05, 4.69) is 16.0 Å². The zero-order valence-electron chi connectivity index (χ0n) is 32.4. The molecule has 5 amide bonds. The molecule has 15 heteroatoms. The van der Waals surface area contributed by atoms with Crippen molar-refractivity contribution in [1.29, 1.82) is 0 Å². The number of fused-ring (bicyclic) bond motifs is 4. The SMILES string of the molecule is CCCC(NC(=O)[C@@H]1C[C@@H]2CN1C(=O)[C@@H](NC(=O)[C@@H](O)Cc1ccccc1)C(C)C1Cc3ccccc3CN1C(=O)O2)C(=O)C(=O)N[C@@H](Cc1ccccc1)C(=O)O. The van der Waals surface area contributed by atoms with Crippen molar-refractivity contribution in [3.8, 4) is 0 Å². The number of carboxylic acid groups (broad SMARTS) is 1. The summed E-state index contributed by atoms with van der Waals surface area (Å²) in [6.07, 6.45) is -2.60. The summed E-state index contributed by atoms with van der Waals surface area (Å²) in [7, 11) is 0. The minimum Gasteiger partial charge on any atom is -0.480 e.